The van der Waals surface area contributed by atoms with Gasteiger partial charge in [0.2, 0.25) is 0 Å². The Morgan fingerprint density at radius 1 is 1.17 bits per heavy atom. The Morgan fingerprint density at radius 2 is 1.77 bits per heavy atom. The van der Waals surface area contributed by atoms with Gasteiger partial charge in [0.1, 0.15) is 6.61 Å². The summed E-state index contributed by atoms with van der Waals surface area (Å²) in [6.45, 7) is 11.7. The number of alkyl carbamates (subject to hydrolysis) is 1. The summed E-state index contributed by atoms with van der Waals surface area (Å²) >= 11 is 0. The molecule has 0 bridgehead atoms. The molecule has 1 saturated heterocycles. The van der Waals surface area contributed by atoms with Gasteiger partial charge in [0.25, 0.3) is 0 Å². The van der Waals surface area contributed by atoms with E-state index in [4.69, 9.17) is 18.6 Å². The first-order valence-electron chi connectivity index (χ1n) is 10.3. The molecule has 1 fully saturated rings. The van der Waals surface area contributed by atoms with Crippen LogP contribution in [0.15, 0.2) is 30.3 Å². The minimum absolute atomic E-state index is 0.0627. The zero-order valence-corrected chi connectivity index (χ0v) is 19.9. The molecule has 0 aromatic heterocycles. The largest absolute Gasteiger partial charge is 0.467 e. The molecule has 0 spiro atoms. The molecule has 1 aromatic carbocycles. The predicted octanol–water partition coefficient (Wildman–Crippen LogP) is 4.03. The van der Waals surface area contributed by atoms with Crippen molar-refractivity contribution in [2.45, 2.75) is 70.0 Å². The van der Waals surface area contributed by atoms with Gasteiger partial charge in [-0.15, -0.1) is 0 Å². The Hall–Kier alpha value is -1.90. The highest BCUT2D eigenvalue weighted by atomic mass is 28.4. The molecule has 7 nitrogen and oxygen atoms in total. The highest BCUT2D eigenvalue weighted by Gasteiger charge is 2.52. The van der Waals surface area contributed by atoms with Gasteiger partial charge in [-0.05, 0) is 23.7 Å². The Morgan fingerprint density at radius 3 is 2.30 bits per heavy atom. The van der Waals surface area contributed by atoms with Crippen LogP contribution in [0.2, 0.25) is 18.1 Å². The van der Waals surface area contributed by atoms with E-state index < -0.39 is 32.0 Å². The van der Waals surface area contributed by atoms with Crippen LogP contribution in [-0.4, -0.2) is 52.3 Å². The number of hydrogen-bond donors (Lipinski definition) is 1. The monoisotopic (exact) mass is 437 g/mol. The molecule has 1 aromatic rings. The van der Waals surface area contributed by atoms with Crippen molar-refractivity contribution < 1.29 is 28.2 Å². The average Bonchev–Trinajstić information content (AvgIpc) is 2.70. The Balaban J connectivity index is 2.23. The Kier molecular flexibility index (Phi) is 8.07. The predicted molar refractivity (Wildman–Crippen MR) is 117 cm³/mol. The van der Waals surface area contributed by atoms with Crippen LogP contribution >= 0.6 is 0 Å². The molecule has 8 heteroatoms. The van der Waals surface area contributed by atoms with Crippen molar-refractivity contribution >= 4 is 20.4 Å². The zero-order chi connectivity index (χ0) is 22.4. The number of carbonyl (C=O) groups excluding carboxylic acids is 2. The number of methoxy groups -OCH3 is 1. The average molecular weight is 438 g/mol. The lowest BCUT2D eigenvalue weighted by atomic mass is 9.86. The second-order valence-electron chi connectivity index (χ2n) is 9.20. The molecule has 0 radical (unpaired) electrons. The molecule has 1 aliphatic rings. The first kappa shape index (κ1) is 24.4. The summed E-state index contributed by atoms with van der Waals surface area (Å²) in [4.78, 5) is 25.3. The van der Waals surface area contributed by atoms with E-state index in [1.165, 1.54) is 7.11 Å². The van der Waals surface area contributed by atoms with Crippen molar-refractivity contribution in [3.63, 3.8) is 0 Å². The fraction of sp³-hybridized carbons (Fsp3) is 0.636. The maximum Gasteiger partial charge on any atom is 0.408 e. The van der Waals surface area contributed by atoms with Crippen LogP contribution in [0, 0.1) is 0 Å². The summed E-state index contributed by atoms with van der Waals surface area (Å²) in [7, 11) is -0.952. The summed E-state index contributed by atoms with van der Waals surface area (Å²) in [5, 5.41) is 2.67. The van der Waals surface area contributed by atoms with E-state index in [0.717, 1.165) is 5.56 Å². The number of benzene rings is 1. The van der Waals surface area contributed by atoms with Gasteiger partial charge < -0.3 is 24.0 Å². The topological polar surface area (TPSA) is 83.1 Å². The van der Waals surface area contributed by atoms with Gasteiger partial charge in [-0.1, -0.05) is 51.1 Å². The fourth-order valence-electron chi connectivity index (χ4n) is 3.23. The van der Waals surface area contributed by atoms with Crippen molar-refractivity contribution in [1.82, 2.24) is 5.32 Å². The number of esters is 1. The van der Waals surface area contributed by atoms with E-state index in [2.05, 4.69) is 39.2 Å². The number of rotatable bonds is 7. The van der Waals surface area contributed by atoms with Crippen LogP contribution < -0.4 is 5.32 Å². The summed E-state index contributed by atoms with van der Waals surface area (Å²) in [5.74, 6) is -0.549. The highest BCUT2D eigenvalue weighted by molar-refractivity contribution is 6.74. The summed E-state index contributed by atoms with van der Waals surface area (Å²) in [6, 6.07) is 8.39. The Bertz CT molecular complexity index is 710. The van der Waals surface area contributed by atoms with E-state index in [1.807, 2.05) is 30.3 Å². The third-order valence-electron chi connectivity index (χ3n) is 6.04. The molecule has 1 unspecified atom stereocenters. The van der Waals surface area contributed by atoms with Crippen LogP contribution in [-0.2, 0) is 30.0 Å². The minimum atomic E-state index is -2.26. The summed E-state index contributed by atoms with van der Waals surface area (Å²) in [6.07, 6.45) is 0.287. The maximum absolute atomic E-state index is 12.8. The van der Waals surface area contributed by atoms with Gasteiger partial charge in [-0.25, -0.2) is 9.59 Å². The van der Waals surface area contributed by atoms with Gasteiger partial charge in [0, 0.05) is 26.1 Å². The van der Waals surface area contributed by atoms with Gasteiger partial charge in [-0.2, -0.15) is 0 Å². The van der Waals surface area contributed by atoms with E-state index in [0.29, 0.717) is 26.1 Å². The lowest BCUT2D eigenvalue weighted by Crippen LogP contribution is -2.64. The van der Waals surface area contributed by atoms with Crippen molar-refractivity contribution in [2.24, 2.45) is 0 Å². The van der Waals surface area contributed by atoms with Crippen LogP contribution in [0.3, 0.4) is 0 Å². The number of hydrogen-bond acceptors (Lipinski definition) is 6. The SMILES string of the molecule is COC(=O)C(NC(=O)OCc1ccccc1)C1(O[Si](C)(C)C(C)(C)C)CCOCC1. The second kappa shape index (κ2) is 9.94. The number of nitrogens with one attached hydrogen (secondary N) is 1. The standard InChI is InChI=1S/C22H35NO6Si/c1-21(2,3)30(5,6)29-22(12-14-27-15-13-22)18(19(24)26-4)23-20(25)28-16-17-10-8-7-9-11-17/h7-11,18H,12-16H2,1-6H3,(H,23,25). The van der Waals surface area contributed by atoms with Gasteiger partial charge >= 0.3 is 12.1 Å². The summed E-state index contributed by atoms with van der Waals surface area (Å²) < 4.78 is 22.7. The molecule has 0 saturated carbocycles. The molecule has 168 valence electrons. The molecular formula is C22H35NO6Si. The third-order valence-corrected chi connectivity index (χ3v) is 10.6. The molecule has 1 atom stereocenters. The molecule has 0 aliphatic carbocycles. The van der Waals surface area contributed by atoms with Crippen molar-refractivity contribution in [1.29, 1.82) is 0 Å². The van der Waals surface area contributed by atoms with E-state index in [9.17, 15) is 9.59 Å². The quantitative estimate of drug-likeness (QED) is 0.512. The smallest absolute Gasteiger partial charge is 0.408 e. The van der Waals surface area contributed by atoms with Gasteiger partial charge in [0.15, 0.2) is 14.4 Å². The molecular weight excluding hydrogens is 402 g/mol. The molecule has 1 amide bonds. The van der Waals surface area contributed by atoms with Crippen LogP contribution in [0.4, 0.5) is 4.79 Å². The van der Waals surface area contributed by atoms with Gasteiger partial charge in [-0.3, -0.25) is 0 Å². The normalized spacial score (nSPS) is 17.7. The van der Waals surface area contributed by atoms with Crippen molar-refractivity contribution in [2.75, 3.05) is 20.3 Å². The molecule has 30 heavy (non-hydrogen) atoms. The number of carbonyl (C=O) groups is 2. The van der Waals surface area contributed by atoms with Crippen LogP contribution in [0.1, 0.15) is 39.2 Å². The van der Waals surface area contributed by atoms with Crippen LogP contribution in [0.25, 0.3) is 0 Å². The molecule has 1 heterocycles. The van der Waals surface area contributed by atoms with Crippen molar-refractivity contribution in [3.8, 4) is 0 Å². The summed E-state index contributed by atoms with van der Waals surface area (Å²) in [5.41, 5.74) is -0.0410. The van der Waals surface area contributed by atoms with E-state index >= 15 is 0 Å². The zero-order valence-electron chi connectivity index (χ0n) is 18.9. The molecule has 2 rings (SSSR count). The number of amides is 1. The van der Waals surface area contributed by atoms with Crippen LogP contribution in [0.5, 0.6) is 0 Å². The minimum Gasteiger partial charge on any atom is -0.467 e. The highest BCUT2D eigenvalue weighted by Crippen LogP contribution is 2.43. The Labute approximate surface area is 180 Å². The lowest BCUT2D eigenvalue weighted by Gasteiger charge is -2.49. The molecule has 1 N–H and O–H groups in total. The van der Waals surface area contributed by atoms with Crippen molar-refractivity contribution in [3.05, 3.63) is 35.9 Å². The second-order valence-corrected chi connectivity index (χ2v) is 13.9. The number of ether oxygens (including phenoxy) is 3. The fourth-order valence-corrected chi connectivity index (χ4v) is 4.88. The first-order valence-corrected chi connectivity index (χ1v) is 13.2. The van der Waals surface area contributed by atoms with Gasteiger partial charge in [0.05, 0.1) is 12.7 Å². The third kappa shape index (κ3) is 6.06. The van der Waals surface area contributed by atoms with E-state index in [-0.39, 0.29) is 11.6 Å². The molecule has 1 aliphatic heterocycles. The lowest BCUT2D eigenvalue weighted by molar-refractivity contribution is -0.154. The maximum atomic E-state index is 12.8. The first-order chi connectivity index (χ1) is 14.0. The van der Waals surface area contributed by atoms with E-state index in [1.54, 1.807) is 0 Å².